The van der Waals surface area contributed by atoms with Crippen LogP contribution in [0.5, 0.6) is 0 Å². The van der Waals surface area contributed by atoms with E-state index >= 15 is 0 Å². The van der Waals surface area contributed by atoms with Gasteiger partial charge in [-0.15, -0.1) is 0 Å². The van der Waals surface area contributed by atoms with Gasteiger partial charge in [0.05, 0.1) is 12.7 Å². The molecule has 1 saturated heterocycles. The monoisotopic (exact) mass is 158 g/mol. The van der Waals surface area contributed by atoms with E-state index in [1.807, 2.05) is 6.92 Å². The Morgan fingerprint density at radius 1 is 1.73 bits per heavy atom. The minimum Gasteiger partial charge on any atom is -0.378 e. The Balaban J connectivity index is 2.31. The van der Waals surface area contributed by atoms with Crippen LogP contribution in [0.1, 0.15) is 13.3 Å². The standard InChI is InChI=1S/C8H14O3/c1-6-3-7(4-11-6)8(9)5-10-2/h6-7H,3-5H2,1-2H3. The summed E-state index contributed by atoms with van der Waals surface area (Å²) in [6, 6.07) is 0. The van der Waals surface area contributed by atoms with Crippen molar-refractivity contribution in [2.24, 2.45) is 5.92 Å². The predicted octanol–water partition coefficient (Wildman–Crippen LogP) is 0.627. The second-order valence-corrected chi connectivity index (χ2v) is 2.98. The highest BCUT2D eigenvalue weighted by Crippen LogP contribution is 2.19. The van der Waals surface area contributed by atoms with Crippen LogP contribution in [0, 0.1) is 5.92 Å². The summed E-state index contributed by atoms with van der Waals surface area (Å²) < 4.78 is 10.0. The maximum atomic E-state index is 11.2. The van der Waals surface area contributed by atoms with E-state index < -0.39 is 0 Å². The Labute approximate surface area is 66.7 Å². The lowest BCUT2D eigenvalue weighted by Gasteiger charge is -2.03. The van der Waals surface area contributed by atoms with E-state index in [0.717, 1.165) is 6.42 Å². The first-order chi connectivity index (χ1) is 5.24. The van der Waals surface area contributed by atoms with Gasteiger partial charge in [-0.2, -0.15) is 0 Å². The highest BCUT2D eigenvalue weighted by Gasteiger charge is 2.27. The van der Waals surface area contributed by atoms with Crippen molar-refractivity contribution in [1.82, 2.24) is 0 Å². The van der Waals surface area contributed by atoms with Crippen LogP contribution in [-0.2, 0) is 14.3 Å². The topological polar surface area (TPSA) is 35.5 Å². The highest BCUT2D eigenvalue weighted by atomic mass is 16.5. The first-order valence-corrected chi connectivity index (χ1v) is 3.87. The van der Waals surface area contributed by atoms with Crippen LogP contribution >= 0.6 is 0 Å². The Bertz CT molecular complexity index is 144. The molecule has 0 saturated carbocycles. The van der Waals surface area contributed by atoms with E-state index in [1.54, 1.807) is 0 Å². The number of rotatable bonds is 3. The lowest BCUT2D eigenvalue weighted by Crippen LogP contribution is -2.19. The van der Waals surface area contributed by atoms with Crippen LogP contribution in [0.4, 0.5) is 0 Å². The van der Waals surface area contributed by atoms with Gasteiger partial charge in [-0.1, -0.05) is 0 Å². The minimum absolute atomic E-state index is 0.0740. The highest BCUT2D eigenvalue weighted by molar-refractivity contribution is 5.82. The maximum absolute atomic E-state index is 11.2. The zero-order valence-corrected chi connectivity index (χ0v) is 7.00. The molecule has 1 rings (SSSR count). The number of methoxy groups -OCH3 is 1. The van der Waals surface area contributed by atoms with Gasteiger partial charge in [0.2, 0.25) is 0 Å². The third kappa shape index (κ3) is 2.27. The average molecular weight is 158 g/mol. The molecule has 0 amide bonds. The predicted molar refractivity (Wildman–Crippen MR) is 40.4 cm³/mol. The van der Waals surface area contributed by atoms with E-state index in [0.29, 0.717) is 6.61 Å². The van der Waals surface area contributed by atoms with Crippen molar-refractivity contribution in [3.05, 3.63) is 0 Å². The van der Waals surface area contributed by atoms with Crippen LogP contribution in [0.15, 0.2) is 0 Å². The average Bonchev–Trinajstić information content (AvgIpc) is 2.36. The SMILES string of the molecule is COCC(=O)C1COC(C)C1. The van der Waals surface area contributed by atoms with Gasteiger partial charge in [-0.25, -0.2) is 0 Å². The molecule has 0 aromatic rings. The Hall–Kier alpha value is -0.410. The molecule has 0 spiro atoms. The number of carbonyl (C=O) groups is 1. The van der Waals surface area contributed by atoms with Crippen molar-refractivity contribution >= 4 is 5.78 Å². The largest absolute Gasteiger partial charge is 0.378 e. The molecule has 1 aliphatic heterocycles. The van der Waals surface area contributed by atoms with E-state index in [9.17, 15) is 4.79 Å². The lowest BCUT2D eigenvalue weighted by molar-refractivity contribution is -0.126. The summed E-state index contributed by atoms with van der Waals surface area (Å²) in [7, 11) is 1.54. The first kappa shape index (κ1) is 8.68. The van der Waals surface area contributed by atoms with E-state index in [1.165, 1.54) is 7.11 Å². The zero-order valence-electron chi connectivity index (χ0n) is 7.00. The van der Waals surface area contributed by atoms with Crippen LogP contribution in [0.2, 0.25) is 0 Å². The second kappa shape index (κ2) is 3.83. The van der Waals surface area contributed by atoms with Crippen LogP contribution in [0.25, 0.3) is 0 Å². The van der Waals surface area contributed by atoms with Crippen molar-refractivity contribution in [2.75, 3.05) is 20.3 Å². The van der Waals surface area contributed by atoms with E-state index in [-0.39, 0.29) is 24.4 Å². The molecule has 2 unspecified atom stereocenters. The van der Waals surface area contributed by atoms with Gasteiger partial charge >= 0.3 is 0 Å². The second-order valence-electron chi connectivity index (χ2n) is 2.98. The molecule has 1 heterocycles. The molecule has 1 fully saturated rings. The van der Waals surface area contributed by atoms with Gasteiger partial charge in [-0.05, 0) is 13.3 Å². The smallest absolute Gasteiger partial charge is 0.163 e. The zero-order chi connectivity index (χ0) is 8.27. The fourth-order valence-electron chi connectivity index (χ4n) is 1.30. The first-order valence-electron chi connectivity index (χ1n) is 3.87. The fraction of sp³-hybridized carbons (Fsp3) is 0.875. The van der Waals surface area contributed by atoms with Crippen molar-refractivity contribution in [1.29, 1.82) is 0 Å². The number of Topliss-reactive ketones (excluding diaryl/α,β-unsaturated/α-hetero) is 1. The maximum Gasteiger partial charge on any atom is 0.163 e. The van der Waals surface area contributed by atoms with Crippen LogP contribution in [-0.4, -0.2) is 32.2 Å². The molecule has 3 heteroatoms. The molecule has 3 nitrogen and oxygen atoms in total. The van der Waals surface area contributed by atoms with Gasteiger partial charge in [0.1, 0.15) is 6.61 Å². The number of hydrogen-bond donors (Lipinski definition) is 0. The van der Waals surface area contributed by atoms with Crippen LogP contribution in [0.3, 0.4) is 0 Å². The van der Waals surface area contributed by atoms with Gasteiger partial charge in [-0.3, -0.25) is 4.79 Å². The number of hydrogen-bond acceptors (Lipinski definition) is 3. The molecular weight excluding hydrogens is 144 g/mol. The summed E-state index contributed by atoms with van der Waals surface area (Å²) in [5, 5.41) is 0. The summed E-state index contributed by atoms with van der Waals surface area (Å²) in [4.78, 5) is 11.2. The van der Waals surface area contributed by atoms with Crippen LogP contribution < -0.4 is 0 Å². The van der Waals surface area contributed by atoms with Crippen molar-refractivity contribution in [3.8, 4) is 0 Å². The lowest BCUT2D eigenvalue weighted by atomic mass is 10.0. The Morgan fingerprint density at radius 3 is 2.91 bits per heavy atom. The van der Waals surface area contributed by atoms with E-state index in [2.05, 4.69) is 0 Å². The molecule has 0 aliphatic carbocycles. The number of ether oxygens (including phenoxy) is 2. The summed E-state index contributed by atoms with van der Waals surface area (Å²) >= 11 is 0. The third-order valence-corrected chi connectivity index (χ3v) is 1.94. The Kier molecular flexibility index (Phi) is 3.02. The summed E-state index contributed by atoms with van der Waals surface area (Å²) in [5.74, 6) is 0.238. The van der Waals surface area contributed by atoms with Crippen molar-refractivity contribution < 1.29 is 14.3 Å². The molecule has 64 valence electrons. The van der Waals surface area contributed by atoms with Gasteiger partial charge < -0.3 is 9.47 Å². The van der Waals surface area contributed by atoms with E-state index in [4.69, 9.17) is 9.47 Å². The number of carbonyl (C=O) groups excluding carboxylic acids is 1. The van der Waals surface area contributed by atoms with Gasteiger partial charge in [0.15, 0.2) is 5.78 Å². The van der Waals surface area contributed by atoms with Gasteiger partial charge in [0.25, 0.3) is 0 Å². The molecule has 0 N–H and O–H groups in total. The van der Waals surface area contributed by atoms with Gasteiger partial charge in [0, 0.05) is 13.0 Å². The molecule has 0 aromatic heterocycles. The molecule has 0 radical (unpaired) electrons. The molecular formula is C8H14O3. The fourth-order valence-corrected chi connectivity index (χ4v) is 1.30. The summed E-state index contributed by atoms with van der Waals surface area (Å²) in [6.45, 7) is 2.78. The van der Waals surface area contributed by atoms with Crippen molar-refractivity contribution in [2.45, 2.75) is 19.4 Å². The molecule has 0 bridgehead atoms. The minimum atomic E-state index is 0.0740. The normalized spacial score (nSPS) is 30.7. The molecule has 2 atom stereocenters. The van der Waals surface area contributed by atoms with Crippen molar-refractivity contribution in [3.63, 3.8) is 0 Å². The Morgan fingerprint density at radius 2 is 2.45 bits per heavy atom. The summed E-state index contributed by atoms with van der Waals surface area (Å²) in [5.41, 5.74) is 0. The molecule has 1 aliphatic rings. The number of ketones is 1. The quantitative estimate of drug-likeness (QED) is 0.604. The molecule has 0 aromatic carbocycles. The molecule has 11 heavy (non-hydrogen) atoms. The third-order valence-electron chi connectivity index (χ3n) is 1.94. The summed E-state index contributed by atoms with van der Waals surface area (Å²) in [6.07, 6.45) is 1.09.